The van der Waals surface area contributed by atoms with Gasteiger partial charge < -0.3 is 4.79 Å². The van der Waals surface area contributed by atoms with Gasteiger partial charge in [0.05, 0.1) is 17.6 Å². The van der Waals surface area contributed by atoms with Crippen LogP contribution in [0.25, 0.3) is 11.8 Å². The van der Waals surface area contributed by atoms with E-state index in [0.29, 0.717) is 12.3 Å². The standard InChI is InChI=1S/C20H21FN2O/c1-13(24)9-15-3-4-16-10-19-14(11-20(15,16)2)12-22-23(19)18-7-5-17(21)6-8-18/h5-8,10,12,15H,3-4,9,11H2,1-2H3/t15-,20?/m1/s1. The van der Waals surface area contributed by atoms with Gasteiger partial charge in [0, 0.05) is 6.42 Å². The molecule has 0 N–H and O–H groups in total. The van der Waals surface area contributed by atoms with E-state index in [9.17, 15) is 9.18 Å². The Labute approximate surface area is 141 Å². The number of ketones is 1. The summed E-state index contributed by atoms with van der Waals surface area (Å²) >= 11 is 0. The Hall–Kier alpha value is -2.23. The molecule has 0 aliphatic heterocycles. The molecule has 1 aromatic heterocycles. The Morgan fingerprint density at radius 1 is 1.38 bits per heavy atom. The normalized spacial score (nSPS) is 25.1. The van der Waals surface area contributed by atoms with Gasteiger partial charge in [0.25, 0.3) is 0 Å². The Morgan fingerprint density at radius 2 is 2.12 bits per heavy atom. The molecular weight excluding hydrogens is 303 g/mol. The highest BCUT2D eigenvalue weighted by molar-refractivity contribution is 5.76. The predicted octanol–water partition coefficient (Wildman–Crippen LogP) is 4.35. The van der Waals surface area contributed by atoms with Crippen molar-refractivity contribution in [3.63, 3.8) is 0 Å². The number of fused-ring (bicyclic) bond motifs is 2. The number of carbonyl (C=O) groups excluding carboxylic acids is 1. The molecule has 4 rings (SSSR count). The largest absolute Gasteiger partial charge is 0.300 e. The monoisotopic (exact) mass is 324 g/mol. The van der Waals surface area contributed by atoms with Crippen LogP contribution in [0, 0.1) is 17.2 Å². The molecule has 2 aromatic rings. The molecule has 2 aliphatic carbocycles. The summed E-state index contributed by atoms with van der Waals surface area (Å²) in [6, 6.07) is 6.42. The lowest BCUT2D eigenvalue weighted by atomic mass is 9.68. The lowest BCUT2D eigenvalue weighted by Crippen LogP contribution is -2.30. The van der Waals surface area contributed by atoms with E-state index in [2.05, 4.69) is 18.1 Å². The molecule has 4 heteroatoms. The van der Waals surface area contributed by atoms with Gasteiger partial charge in [0.1, 0.15) is 11.6 Å². The van der Waals surface area contributed by atoms with E-state index in [0.717, 1.165) is 30.6 Å². The summed E-state index contributed by atoms with van der Waals surface area (Å²) in [5.74, 6) is 0.451. The average Bonchev–Trinajstić information content (AvgIpc) is 3.06. The van der Waals surface area contributed by atoms with Crippen molar-refractivity contribution in [2.75, 3.05) is 0 Å². The third-order valence-corrected chi connectivity index (χ3v) is 5.76. The molecule has 1 saturated carbocycles. The molecule has 1 fully saturated rings. The SMILES string of the molecule is CC(=O)C[C@H]1CCC2=Cc3c(cnn3-c3ccc(F)cc3)CC21C. The van der Waals surface area contributed by atoms with Crippen molar-refractivity contribution in [2.24, 2.45) is 11.3 Å². The maximum atomic E-state index is 13.2. The topological polar surface area (TPSA) is 34.9 Å². The molecule has 1 heterocycles. The number of benzene rings is 1. The average molecular weight is 324 g/mol. The first-order chi connectivity index (χ1) is 11.5. The Balaban J connectivity index is 1.73. The number of allylic oxidation sites excluding steroid dienone is 1. The molecule has 0 spiro atoms. The maximum Gasteiger partial charge on any atom is 0.130 e. The van der Waals surface area contributed by atoms with Crippen LogP contribution in [0.5, 0.6) is 0 Å². The second-order valence-corrected chi connectivity index (χ2v) is 7.35. The van der Waals surface area contributed by atoms with E-state index in [1.807, 2.05) is 10.9 Å². The van der Waals surface area contributed by atoms with Crippen molar-refractivity contribution in [1.29, 1.82) is 0 Å². The highest BCUT2D eigenvalue weighted by Crippen LogP contribution is 2.54. The molecule has 0 radical (unpaired) electrons. The van der Waals surface area contributed by atoms with Crippen LogP contribution in [0.2, 0.25) is 0 Å². The first kappa shape index (κ1) is 15.3. The fourth-order valence-corrected chi connectivity index (χ4v) is 4.40. The molecule has 0 bridgehead atoms. The zero-order chi connectivity index (χ0) is 16.9. The van der Waals surface area contributed by atoms with E-state index >= 15 is 0 Å². The van der Waals surface area contributed by atoms with Crippen LogP contribution in [0.3, 0.4) is 0 Å². The third-order valence-electron chi connectivity index (χ3n) is 5.76. The van der Waals surface area contributed by atoms with Gasteiger partial charge in [-0.05, 0) is 73.4 Å². The number of aromatic nitrogens is 2. The zero-order valence-electron chi connectivity index (χ0n) is 14.1. The van der Waals surface area contributed by atoms with Crippen molar-refractivity contribution >= 4 is 11.9 Å². The number of nitrogens with zero attached hydrogens (tertiary/aromatic N) is 2. The number of Topliss-reactive ketones (excluding diaryl/α,β-unsaturated/α-hetero) is 1. The molecule has 124 valence electrons. The summed E-state index contributed by atoms with van der Waals surface area (Å²) in [6.07, 6.45) is 7.87. The smallest absolute Gasteiger partial charge is 0.130 e. The highest BCUT2D eigenvalue weighted by Gasteiger charge is 2.45. The van der Waals surface area contributed by atoms with Crippen LogP contribution in [-0.4, -0.2) is 15.6 Å². The van der Waals surface area contributed by atoms with Gasteiger partial charge in [-0.25, -0.2) is 9.07 Å². The number of rotatable bonds is 3. The second-order valence-electron chi connectivity index (χ2n) is 7.35. The quantitative estimate of drug-likeness (QED) is 0.841. The lowest BCUT2D eigenvalue weighted by Gasteiger charge is -2.35. The Kier molecular flexibility index (Phi) is 3.44. The second kappa shape index (κ2) is 5.40. The van der Waals surface area contributed by atoms with Crippen LogP contribution in [0.1, 0.15) is 44.4 Å². The molecule has 3 nitrogen and oxygen atoms in total. The molecule has 0 saturated heterocycles. The highest BCUT2D eigenvalue weighted by atomic mass is 19.1. The number of carbonyl (C=O) groups is 1. The summed E-state index contributed by atoms with van der Waals surface area (Å²) in [5, 5.41) is 4.52. The minimum absolute atomic E-state index is 0.0648. The summed E-state index contributed by atoms with van der Waals surface area (Å²) in [6.45, 7) is 3.98. The van der Waals surface area contributed by atoms with E-state index < -0.39 is 0 Å². The fraction of sp³-hybridized carbons (Fsp3) is 0.400. The van der Waals surface area contributed by atoms with E-state index in [1.54, 1.807) is 19.1 Å². The van der Waals surface area contributed by atoms with Crippen LogP contribution >= 0.6 is 0 Å². The van der Waals surface area contributed by atoms with Crippen molar-refractivity contribution in [2.45, 2.75) is 39.5 Å². The maximum absolute atomic E-state index is 13.2. The molecule has 24 heavy (non-hydrogen) atoms. The minimum atomic E-state index is -0.242. The fourth-order valence-electron chi connectivity index (χ4n) is 4.40. The summed E-state index contributed by atoms with van der Waals surface area (Å²) in [4.78, 5) is 11.6. The third kappa shape index (κ3) is 2.32. The van der Waals surface area contributed by atoms with Gasteiger partial charge in [0.15, 0.2) is 0 Å². The first-order valence-corrected chi connectivity index (χ1v) is 8.51. The Bertz CT molecular complexity index is 834. The predicted molar refractivity (Wildman–Crippen MR) is 91.3 cm³/mol. The van der Waals surface area contributed by atoms with Crippen molar-refractivity contribution in [3.8, 4) is 5.69 Å². The first-order valence-electron chi connectivity index (χ1n) is 8.51. The van der Waals surface area contributed by atoms with Gasteiger partial charge in [0.2, 0.25) is 0 Å². The molecule has 0 amide bonds. The summed E-state index contributed by atoms with van der Waals surface area (Å²) < 4.78 is 15.1. The van der Waals surface area contributed by atoms with Crippen LogP contribution in [-0.2, 0) is 11.2 Å². The Morgan fingerprint density at radius 3 is 2.83 bits per heavy atom. The van der Waals surface area contributed by atoms with E-state index in [4.69, 9.17) is 0 Å². The van der Waals surface area contributed by atoms with Crippen molar-refractivity contribution in [3.05, 3.63) is 53.1 Å². The number of hydrogen-bond donors (Lipinski definition) is 0. The number of halogens is 1. The summed E-state index contributed by atoms with van der Waals surface area (Å²) in [5.41, 5.74) is 4.66. The molecule has 1 unspecified atom stereocenters. The van der Waals surface area contributed by atoms with E-state index in [1.165, 1.54) is 23.3 Å². The van der Waals surface area contributed by atoms with Gasteiger partial charge >= 0.3 is 0 Å². The molecule has 2 aliphatic rings. The van der Waals surface area contributed by atoms with Gasteiger partial charge in [-0.15, -0.1) is 0 Å². The van der Waals surface area contributed by atoms with E-state index in [-0.39, 0.29) is 17.0 Å². The minimum Gasteiger partial charge on any atom is -0.300 e. The van der Waals surface area contributed by atoms with Crippen LogP contribution < -0.4 is 0 Å². The number of hydrogen-bond acceptors (Lipinski definition) is 2. The lowest BCUT2D eigenvalue weighted by molar-refractivity contribution is -0.118. The van der Waals surface area contributed by atoms with Gasteiger partial charge in [-0.3, -0.25) is 0 Å². The summed E-state index contributed by atoms with van der Waals surface area (Å²) in [7, 11) is 0. The molecule has 1 aromatic carbocycles. The van der Waals surface area contributed by atoms with Gasteiger partial charge in [-0.2, -0.15) is 5.10 Å². The van der Waals surface area contributed by atoms with Gasteiger partial charge in [-0.1, -0.05) is 12.5 Å². The molecular formula is C20H21FN2O. The molecule has 2 atom stereocenters. The van der Waals surface area contributed by atoms with Crippen LogP contribution in [0.4, 0.5) is 4.39 Å². The zero-order valence-corrected chi connectivity index (χ0v) is 14.1. The van der Waals surface area contributed by atoms with Crippen LogP contribution in [0.15, 0.2) is 36.0 Å². The van der Waals surface area contributed by atoms with Crippen molar-refractivity contribution in [1.82, 2.24) is 9.78 Å². The van der Waals surface area contributed by atoms with Crippen molar-refractivity contribution < 1.29 is 9.18 Å².